The third-order valence-electron chi connectivity index (χ3n) is 3.14. The predicted molar refractivity (Wildman–Crippen MR) is 98.1 cm³/mol. The van der Waals surface area contributed by atoms with E-state index in [1.165, 1.54) is 0 Å². The van der Waals surface area contributed by atoms with Gasteiger partial charge in [0.25, 0.3) is 0 Å². The van der Waals surface area contributed by atoms with Crippen LogP contribution >= 0.6 is 12.2 Å². The normalized spacial score (nSPS) is 11.3. The fraction of sp³-hybridized carbons (Fsp3) is 0.294. The van der Waals surface area contributed by atoms with Crippen LogP contribution in [0, 0.1) is 0 Å². The second-order valence-electron chi connectivity index (χ2n) is 5.05. The molecule has 6 nitrogen and oxygen atoms in total. The van der Waals surface area contributed by atoms with Gasteiger partial charge in [-0.2, -0.15) is 0 Å². The fourth-order valence-corrected chi connectivity index (χ4v) is 2.28. The van der Waals surface area contributed by atoms with Gasteiger partial charge in [-0.1, -0.05) is 12.1 Å². The second-order valence-corrected chi connectivity index (χ2v) is 5.46. The van der Waals surface area contributed by atoms with Crippen LogP contribution in [-0.4, -0.2) is 37.0 Å². The van der Waals surface area contributed by atoms with Crippen molar-refractivity contribution < 1.29 is 14.2 Å². The van der Waals surface area contributed by atoms with Gasteiger partial charge in [-0.15, -0.1) is 0 Å². The van der Waals surface area contributed by atoms with Crippen molar-refractivity contribution in [3.63, 3.8) is 0 Å². The van der Waals surface area contributed by atoms with Crippen molar-refractivity contribution in [1.82, 2.24) is 10.3 Å². The minimum absolute atomic E-state index is 0.0149. The Labute approximate surface area is 147 Å². The molecule has 1 aromatic carbocycles. The molecule has 2 rings (SSSR count). The van der Waals surface area contributed by atoms with Crippen LogP contribution in [0.25, 0.3) is 0 Å². The number of thiocarbonyl (C=S) groups is 1. The number of hydrogen-bond donors (Lipinski definition) is 2. The Morgan fingerprint density at radius 3 is 2.50 bits per heavy atom. The van der Waals surface area contributed by atoms with E-state index in [1.807, 2.05) is 37.3 Å². The number of methoxy groups -OCH3 is 2. The Bertz CT molecular complexity index is 664. The molecule has 0 amide bonds. The van der Waals surface area contributed by atoms with Crippen molar-refractivity contribution in [3.05, 3.63) is 42.6 Å². The average molecular weight is 347 g/mol. The Morgan fingerprint density at radius 1 is 1.12 bits per heavy atom. The monoisotopic (exact) mass is 347 g/mol. The molecular weight excluding hydrogens is 326 g/mol. The summed E-state index contributed by atoms with van der Waals surface area (Å²) in [5.41, 5.74) is 0.783. The summed E-state index contributed by atoms with van der Waals surface area (Å²) in [7, 11) is 3.19. The molecule has 2 aromatic rings. The average Bonchev–Trinajstić information content (AvgIpc) is 2.60. The molecular formula is C17H21N3O3S. The zero-order chi connectivity index (χ0) is 17.4. The van der Waals surface area contributed by atoms with Gasteiger partial charge in [-0.3, -0.25) is 0 Å². The molecule has 0 radical (unpaired) electrons. The van der Waals surface area contributed by atoms with Gasteiger partial charge in [-0.05, 0) is 37.3 Å². The summed E-state index contributed by atoms with van der Waals surface area (Å²) in [6.07, 6.45) is 1.66. The lowest BCUT2D eigenvalue weighted by atomic mass is 10.3. The van der Waals surface area contributed by atoms with E-state index in [1.54, 1.807) is 26.5 Å². The van der Waals surface area contributed by atoms with Crippen molar-refractivity contribution in [3.8, 4) is 17.4 Å². The van der Waals surface area contributed by atoms with Crippen molar-refractivity contribution in [2.75, 3.05) is 26.1 Å². The van der Waals surface area contributed by atoms with Crippen molar-refractivity contribution in [1.29, 1.82) is 0 Å². The van der Waals surface area contributed by atoms with Crippen LogP contribution < -0.4 is 24.8 Å². The molecule has 2 N–H and O–H groups in total. The summed E-state index contributed by atoms with van der Waals surface area (Å²) in [6, 6.07) is 11.1. The number of para-hydroxylation sites is 2. The van der Waals surface area contributed by atoms with Gasteiger partial charge < -0.3 is 24.8 Å². The molecule has 0 unspecified atom stereocenters. The van der Waals surface area contributed by atoms with Crippen LogP contribution in [0.2, 0.25) is 0 Å². The highest BCUT2D eigenvalue weighted by Gasteiger charge is 2.08. The molecule has 1 heterocycles. The zero-order valence-electron chi connectivity index (χ0n) is 13.9. The molecule has 0 fully saturated rings. The number of nitrogens with zero attached hydrogens (tertiary/aromatic N) is 1. The summed E-state index contributed by atoms with van der Waals surface area (Å²) in [5.74, 6) is 1.96. The second kappa shape index (κ2) is 8.93. The van der Waals surface area contributed by atoms with Crippen LogP contribution in [0.15, 0.2) is 42.6 Å². The SMILES string of the molecule is COc1ccc(NC(=S)N[C@@H](C)COc2ccccc2OC)cn1. The Kier molecular flexibility index (Phi) is 6.62. The maximum absolute atomic E-state index is 5.77. The topological polar surface area (TPSA) is 64.6 Å². The van der Waals surface area contributed by atoms with Crippen LogP contribution in [0.5, 0.6) is 17.4 Å². The third-order valence-corrected chi connectivity index (χ3v) is 3.36. The summed E-state index contributed by atoms with van der Waals surface area (Å²) in [5, 5.41) is 6.73. The van der Waals surface area contributed by atoms with Crippen molar-refractivity contribution >= 4 is 23.0 Å². The zero-order valence-corrected chi connectivity index (χ0v) is 14.7. The number of benzene rings is 1. The number of nitrogens with one attached hydrogen (secondary N) is 2. The molecule has 1 atom stereocenters. The number of aromatic nitrogens is 1. The van der Waals surface area contributed by atoms with Gasteiger partial charge in [0.1, 0.15) is 6.61 Å². The van der Waals surface area contributed by atoms with E-state index in [4.69, 9.17) is 26.4 Å². The Morgan fingerprint density at radius 2 is 1.88 bits per heavy atom. The maximum atomic E-state index is 5.77. The first-order valence-electron chi connectivity index (χ1n) is 7.45. The molecule has 0 aliphatic heterocycles. The number of pyridine rings is 1. The first-order chi connectivity index (χ1) is 11.6. The van der Waals surface area contributed by atoms with Crippen LogP contribution in [-0.2, 0) is 0 Å². The Balaban J connectivity index is 1.80. The van der Waals surface area contributed by atoms with Crippen molar-refractivity contribution in [2.24, 2.45) is 0 Å². The predicted octanol–water partition coefficient (Wildman–Crippen LogP) is 2.85. The molecule has 24 heavy (non-hydrogen) atoms. The van der Waals surface area contributed by atoms with E-state index in [0.717, 1.165) is 5.69 Å². The smallest absolute Gasteiger partial charge is 0.213 e. The molecule has 0 saturated carbocycles. The first-order valence-corrected chi connectivity index (χ1v) is 7.86. The van der Waals surface area contributed by atoms with E-state index in [9.17, 15) is 0 Å². The third kappa shape index (κ3) is 5.27. The van der Waals surface area contributed by atoms with Gasteiger partial charge in [0, 0.05) is 6.07 Å². The molecule has 0 aliphatic rings. The highest BCUT2D eigenvalue weighted by Crippen LogP contribution is 2.25. The van der Waals surface area contributed by atoms with Crippen LogP contribution in [0.1, 0.15) is 6.92 Å². The van der Waals surface area contributed by atoms with Gasteiger partial charge in [0.2, 0.25) is 5.88 Å². The number of ether oxygens (including phenoxy) is 3. The highest BCUT2D eigenvalue weighted by atomic mass is 32.1. The molecule has 0 spiro atoms. The van der Waals surface area contributed by atoms with E-state index in [-0.39, 0.29) is 6.04 Å². The molecule has 7 heteroatoms. The minimum atomic E-state index is 0.0149. The summed E-state index contributed by atoms with van der Waals surface area (Å²) < 4.78 is 16.0. The maximum Gasteiger partial charge on any atom is 0.213 e. The fourth-order valence-electron chi connectivity index (χ4n) is 1.96. The van der Waals surface area contributed by atoms with E-state index in [2.05, 4.69) is 15.6 Å². The lowest BCUT2D eigenvalue weighted by Gasteiger charge is -2.18. The van der Waals surface area contributed by atoms with Crippen LogP contribution in [0.4, 0.5) is 5.69 Å². The molecule has 1 aromatic heterocycles. The van der Waals surface area contributed by atoms with Crippen molar-refractivity contribution in [2.45, 2.75) is 13.0 Å². The van der Waals surface area contributed by atoms with Gasteiger partial charge in [-0.25, -0.2) is 4.98 Å². The lowest BCUT2D eigenvalue weighted by Crippen LogP contribution is -2.39. The van der Waals surface area contributed by atoms with Gasteiger partial charge in [0.15, 0.2) is 16.6 Å². The summed E-state index contributed by atoms with van der Waals surface area (Å²) in [6.45, 7) is 2.43. The lowest BCUT2D eigenvalue weighted by molar-refractivity contribution is 0.270. The largest absolute Gasteiger partial charge is 0.493 e. The van der Waals surface area contributed by atoms with Gasteiger partial charge >= 0.3 is 0 Å². The minimum Gasteiger partial charge on any atom is -0.493 e. The quantitative estimate of drug-likeness (QED) is 0.747. The number of rotatable bonds is 7. The first kappa shape index (κ1) is 17.8. The molecule has 128 valence electrons. The van der Waals surface area contributed by atoms with E-state index < -0.39 is 0 Å². The van der Waals surface area contributed by atoms with E-state index >= 15 is 0 Å². The number of hydrogen-bond acceptors (Lipinski definition) is 5. The van der Waals surface area contributed by atoms with Gasteiger partial charge in [0.05, 0.1) is 32.1 Å². The van der Waals surface area contributed by atoms with E-state index in [0.29, 0.717) is 29.1 Å². The van der Waals surface area contributed by atoms with Crippen LogP contribution in [0.3, 0.4) is 0 Å². The molecule has 0 bridgehead atoms. The summed E-state index contributed by atoms with van der Waals surface area (Å²) >= 11 is 5.29. The highest BCUT2D eigenvalue weighted by molar-refractivity contribution is 7.80. The molecule has 0 aliphatic carbocycles. The molecule has 0 saturated heterocycles. The Hall–Kier alpha value is -2.54. The number of anilines is 1. The summed E-state index contributed by atoms with van der Waals surface area (Å²) in [4.78, 5) is 4.11. The standard InChI is InChI=1S/C17H21N3O3S/c1-12(11-23-15-7-5-4-6-14(15)21-2)19-17(24)20-13-8-9-16(22-3)18-10-13/h4-10,12H,11H2,1-3H3,(H2,19,20,24)/t12-/m0/s1.